The maximum atomic E-state index is 5.54. The van der Waals surface area contributed by atoms with Crippen molar-refractivity contribution in [2.75, 3.05) is 31.2 Å². The summed E-state index contributed by atoms with van der Waals surface area (Å²) in [6, 6.07) is 14.3. The average Bonchev–Trinajstić information content (AvgIpc) is 3.29. The van der Waals surface area contributed by atoms with Crippen molar-refractivity contribution in [3.63, 3.8) is 0 Å². The van der Waals surface area contributed by atoms with Crippen molar-refractivity contribution in [2.45, 2.75) is 19.9 Å². The van der Waals surface area contributed by atoms with Crippen molar-refractivity contribution >= 4 is 17.2 Å². The summed E-state index contributed by atoms with van der Waals surface area (Å²) in [5.74, 6) is 0.560. The number of ether oxygens (including phenoxy) is 1. The Hall–Kier alpha value is -3.65. The molecule has 0 saturated carbocycles. The molecule has 0 amide bonds. The SMILES string of the molecule is CCc1cccc(CN=Nc2cc(N3CCOCC3)c3nc(-c4ccncc4)cn3n2)c1. The summed E-state index contributed by atoms with van der Waals surface area (Å²) in [4.78, 5) is 11.2. The Morgan fingerprint density at radius 2 is 1.84 bits per heavy atom. The van der Waals surface area contributed by atoms with E-state index in [2.05, 4.69) is 56.4 Å². The summed E-state index contributed by atoms with van der Waals surface area (Å²) in [7, 11) is 0. The van der Waals surface area contributed by atoms with Crippen molar-refractivity contribution in [1.29, 1.82) is 0 Å². The van der Waals surface area contributed by atoms with Crippen LogP contribution in [0.3, 0.4) is 0 Å². The van der Waals surface area contributed by atoms with Crippen LogP contribution in [0.1, 0.15) is 18.1 Å². The lowest BCUT2D eigenvalue weighted by Crippen LogP contribution is -2.36. The molecule has 5 rings (SSSR count). The number of hydrogen-bond acceptors (Lipinski definition) is 7. The largest absolute Gasteiger partial charge is 0.378 e. The quantitative estimate of drug-likeness (QED) is 0.424. The van der Waals surface area contributed by atoms with Gasteiger partial charge in [-0.15, -0.1) is 10.2 Å². The minimum atomic E-state index is 0.520. The Bertz CT molecular complexity index is 1230. The average molecular weight is 428 g/mol. The molecular formula is C24H25N7O. The number of aromatic nitrogens is 4. The lowest BCUT2D eigenvalue weighted by Gasteiger charge is -2.28. The molecular weight excluding hydrogens is 402 g/mol. The van der Waals surface area contributed by atoms with Crippen molar-refractivity contribution in [2.24, 2.45) is 10.2 Å². The molecule has 8 heteroatoms. The van der Waals surface area contributed by atoms with Gasteiger partial charge in [0.2, 0.25) is 0 Å². The first-order valence-corrected chi connectivity index (χ1v) is 10.9. The number of morpholine rings is 1. The Balaban J connectivity index is 1.49. The van der Waals surface area contributed by atoms with Gasteiger partial charge in [-0.25, -0.2) is 9.50 Å². The van der Waals surface area contributed by atoms with Gasteiger partial charge in [-0.05, 0) is 29.7 Å². The van der Waals surface area contributed by atoms with Crippen LogP contribution in [-0.4, -0.2) is 45.9 Å². The Labute approximate surface area is 186 Å². The van der Waals surface area contributed by atoms with Crippen molar-refractivity contribution in [1.82, 2.24) is 19.6 Å². The van der Waals surface area contributed by atoms with E-state index in [0.29, 0.717) is 25.6 Å². The number of anilines is 1. The maximum absolute atomic E-state index is 5.54. The first kappa shape index (κ1) is 20.3. The smallest absolute Gasteiger partial charge is 0.196 e. The highest BCUT2D eigenvalue weighted by Crippen LogP contribution is 2.28. The number of hydrogen-bond donors (Lipinski definition) is 0. The van der Waals surface area contributed by atoms with Crippen LogP contribution < -0.4 is 4.90 Å². The van der Waals surface area contributed by atoms with Crippen LogP contribution in [0, 0.1) is 0 Å². The van der Waals surface area contributed by atoms with E-state index in [0.717, 1.165) is 47.7 Å². The normalized spacial score (nSPS) is 14.5. The number of pyridine rings is 1. The summed E-state index contributed by atoms with van der Waals surface area (Å²) >= 11 is 0. The van der Waals surface area contributed by atoms with E-state index in [9.17, 15) is 0 Å². The molecule has 3 aromatic heterocycles. The van der Waals surface area contributed by atoms with Crippen LogP contribution in [-0.2, 0) is 17.7 Å². The molecule has 0 aliphatic carbocycles. The molecule has 0 atom stereocenters. The van der Waals surface area contributed by atoms with E-state index in [1.165, 1.54) is 5.56 Å². The number of nitrogens with zero attached hydrogens (tertiary/aromatic N) is 7. The van der Waals surface area contributed by atoms with Crippen LogP contribution >= 0.6 is 0 Å². The lowest BCUT2D eigenvalue weighted by molar-refractivity contribution is 0.123. The summed E-state index contributed by atoms with van der Waals surface area (Å²) in [5, 5.41) is 13.5. The third kappa shape index (κ3) is 4.36. The number of fused-ring (bicyclic) bond motifs is 1. The number of benzene rings is 1. The highest BCUT2D eigenvalue weighted by molar-refractivity contribution is 5.75. The molecule has 1 aliphatic rings. The van der Waals surface area contributed by atoms with Gasteiger partial charge in [0.15, 0.2) is 11.5 Å². The molecule has 0 N–H and O–H groups in total. The van der Waals surface area contributed by atoms with E-state index in [1.54, 1.807) is 16.9 Å². The van der Waals surface area contributed by atoms with Gasteiger partial charge in [0.05, 0.1) is 37.3 Å². The zero-order valence-corrected chi connectivity index (χ0v) is 18.1. The van der Waals surface area contributed by atoms with Crippen LogP contribution in [0.4, 0.5) is 11.5 Å². The van der Waals surface area contributed by atoms with Gasteiger partial charge in [-0.2, -0.15) is 5.11 Å². The predicted octanol–water partition coefficient (Wildman–Crippen LogP) is 4.47. The fourth-order valence-electron chi connectivity index (χ4n) is 3.83. The van der Waals surface area contributed by atoms with Crippen LogP contribution in [0.2, 0.25) is 0 Å². The molecule has 162 valence electrons. The molecule has 4 heterocycles. The molecule has 1 aromatic carbocycles. The fourth-order valence-corrected chi connectivity index (χ4v) is 3.83. The van der Waals surface area contributed by atoms with E-state index >= 15 is 0 Å². The molecule has 8 nitrogen and oxygen atoms in total. The van der Waals surface area contributed by atoms with Crippen molar-refractivity contribution in [3.8, 4) is 11.3 Å². The predicted molar refractivity (Wildman–Crippen MR) is 123 cm³/mol. The molecule has 1 saturated heterocycles. The first-order chi connectivity index (χ1) is 15.8. The fraction of sp³-hybridized carbons (Fsp3) is 0.292. The highest BCUT2D eigenvalue weighted by atomic mass is 16.5. The summed E-state index contributed by atoms with van der Waals surface area (Å²) in [6.45, 7) is 5.66. The molecule has 4 aromatic rings. The molecule has 1 fully saturated rings. The van der Waals surface area contributed by atoms with Gasteiger partial charge >= 0.3 is 0 Å². The van der Waals surface area contributed by atoms with Crippen LogP contribution in [0.25, 0.3) is 16.9 Å². The number of azo groups is 1. The van der Waals surface area contributed by atoms with Gasteiger partial charge in [-0.3, -0.25) is 4.98 Å². The highest BCUT2D eigenvalue weighted by Gasteiger charge is 2.18. The van der Waals surface area contributed by atoms with Gasteiger partial charge in [0.25, 0.3) is 0 Å². The third-order valence-corrected chi connectivity index (χ3v) is 5.55. The topological polar surface area (TPSA) is 80.3 Å². The molecule has 0 spiro atoms. The van der Waals surface area contributed by atoms with E-state index in [1.807, 2.05) is 24.4 Å². The van der Waals surface area contributed by atoms with Crippen LogP contribution in [0.15, 0.2) is 71.3 Å². The molecule has 0 unspecified atom stereocenters. The Morgan fingerprint density at radius 1 is 1.03 bits per heavy atom. The number of rotatable bonds is 6. The third-order valence-electron chi connectivity index (χ3n) is 5.55. The van der Waals surface area contributed by atoms with Gasteiger partial charge in [-0.1, -0.05) is 31.2 Å². The number of imidazole rings is 1. The van der Waals surface area contributed by atoms with Gasteiger partial charge < -0.3 is 9.64 Å². The van der Waals surface area contributed by atoms with Gasteiger partial charge in [0, 0.05) is 37.1 Å². The second-order valence-corrected chi connectivity index (χ2v) is 7.69. The molecule has 1 aliphatic heterocycles. The minimum absolute atomic E-state index is 0.520. The second kappa shape index (κ2) is 9.23. The number of aryl methyl sites for hydroxylation is 1. The molecule has 0 bridgehead atoms. The monoisotopic (exact) mass is 427 g/mol. The standard InChI is InChI=1S/C24H25N7O/c1-2-18-4-3-5-19(14-18)16-26-28-23-15-22(30-10-12-32-13-11-30)24-27-21(17-31(24)29-23)20-6-8-25-9-7-20/h3-9,14-15,17H,2,10-13,16H2,1H3. The molecule has 0 radical (unpaired) electrons. The Kier molecular flexibility index (Phi) is 5.85. The van der Waals surface area contributed by atoms with E-state index in [-0.39, 0.29) is 0 Å². The van der Waals surface area contributed by atoms with E-state index in [4.69, 9.17) is 9.72 Å². The Morgan fingerprint density at radius 3 is 2.66 bits per heavy atom. The first-order valence-electron chi connectivity index (χ1n) is 10.9. The zero-order chi connectivity index (χ0) is 21.8. The second-order valence-electron chi connectivity index (χ2n) is 7.69. The lowest BCUT2D eigenvalue weighted by atomic mass is 10.1. The van der Waals surface area contributed by atoms with Gasteiger partial charge in [0.1, 0.15) is 0 Å². The summed E-state index contributed by atoms with van der Waals surface area (Å²) in [6.07, 6.45) is 6.47. The minimum Gasteiger partial charge on any atom is -0.378 e. The van der Waals surface area contributed by atoms with E-state index < -0.39 is 0 Å². The summed E-state index contributed by atoms with van der Waals surface area (Å²) in [5.41, 5.74) is 6.08. The van der Waals surface area contributed by atoms with Crippen molar-refractivity contribution in [3.05, 3.63) is 72.2 Å². The maximum Gasteiger partial charge on any atom is 0.196 e. The van der Waals surface area contributed by atoms with Crippen molar-refractivity contribution < 1.29 is 4.74 Å². The summed E-state index contributed by atoms with van der Waals surface area (Å²) < 4.78 is 7.34. The zero-order valence-electron chi connectivity index (χ0n) is 18.1. The molecule has 32 heavy (non-hydrogen) atoms. The van der Waals surface area contributed by atoms with Crippen LogP contribution in [0.5, 0.6) is 0 Å².